The molecule has 0 saturated carbocycles. The molecule has 1 unspecified atom stereocenters. The number of ketones is 1. The summed E-state index contributed by atoms with van der Waals surface area (Å²) >= 11 is 0. The molecule has 0 aliphatic rings. The molecular formula is C9H7F3O. The molecule has 0 radical (unpaired) electrons. The van der Waals surface area contributed by atoms with Gasteiger partial charge in [-0.3, -0.25) is 4.79 Å². The molecule has 70 valence electrons. The van der Waals surface area contributed by atoms with Gasteiger partial charge in [0.25, 0.3) is 6.43 Å². The van der Waals surface area contributed by atoms with Crippen LogP contribution in [0, 0.1) is 0 Å². The highest BCUT2D eigenvalue weighted by molar-refractivity contribution is 5.86. The standard InChI is InChI=1S/C9H7F3O/c10-7(8(13)9(11)12)6-4-2-1-3-5-6/h1-5,7,9H. The average molecular weight is 188 g/mol. The van der Waals surface area contributed by atoms with Gasteiger partial charge in [-0.25, -0.2) is 13.2 Å². The average Bonchev–Trinajstić information content (AvgIpc) is 2.17. The van der Waals surface area contributed by atoms with Crippen molar-refractivity contribution in [3.8, 4) is 0 Å². The number of halogens is 3. The molecule has 0 amide bonds. The summed E-state index contributed by atoms with van der Waals surface area (Å²) in [6, 6.07) is 7.18. The fraction of sp³-hybridized carbons (Fsp3) is 0.222. The molecule has 1 aromatic carbocycles. The lowest BCUT2D eigenvalue weighted by molar-refractivity contribution is -0.134. The first-order valence-electron chi connectivity index (χ1n) is 3.64. The van der Waals surface area contributed by atoms with Gasteiger partial charge in [0, 0.05) is 0 Å². The first-order chi connectivity index (χ1) is 6.13. The van der Waals surface area contributed by atoms with Crippen molar-refractivity contribution in [2.24, 2.45) is 0 Å². The van der Waals surface area contributed by atoms with E-state index in [4.69, 9.17) is 0 Å². The molecule has 1 nitrogen and oxygen atoms in total. The van der Waals surface area contributed by atoms with Gasteiger partial charge in [0.15, 0.2) is 6.17 Å². The molecule has 0 spiro atoms. The Morgan fingerprint density at radius 1 is 1.08 bits per heavy atom. The summed E-state index contributed by atoms with van der Waals surface area (Å²) in [5.41, 5.74) is -0.0344. The van der Waals surface area contributed by atoms with Gasteiger partial charge >= 0.3 is 0 Å². The third-order valence-corrected chi connectivity index (χ3v) is 1.56. The third kappa shape index (κ3) is 2.31. The summed E-state index contributed by atoms with van der Waals surface area (Å²) in [6.07, 6.45) is -5.48. The second-order valence-corrected chi connectivity index (χ2v) is 2.48. The van der Waals surface area contributed by atoms with Crippen molar-refractivity contribution in [3.63, 3.8) is 0 Å². The molecule has 0 aliphatic heterocycles. The van der Waals surface area contributed by atoms with Crippen molar-refractivity contribution in [2.75, 3.05) is 0 Å². The molecule has 4 heteroatoms. The minimum atomic E-state index is -3.25. The van der Waals surface area contributed by atoms with Crippen LogP contribution < -0.4 is 0 Å². The van der Waals surface area contributed by atoms with E-state index in [1.54, 1.807) is 6.07 Å². The fourth-order valence-electron chi connectivity index (χ4n) is 0.897. The Morgan fingerprint density at radius 2 is 1.62 bits per heavy atom. The zero-order chi connectivity index (χ0) is 9.84. The number of carbonyl (C=O) groups is 1. The van der Waals surface area contributed by atoms with Crippen molar-refractivity contribution in [2.45, 2.75) is 12.6 Å². The molecular weight excluding hydrogens is 181 g/mol. The second-order valence-electron chi connectivity index (χ2n) is 2.48. The summed E-state index contributed by atoms with van der Waals surface area (Å²) in [6.45, 7) is 0. The Balaban J connectivity index is 2.80. The minimum absolute atomic E-state index is 0.0344. The zero-order valence-corrected chi connectivity index (χ0v) is 6.58. The Morgan fingerprint density at radius 3 is 2.08 bits per heavy atom. The summed E-state index contributed by atoms with van der Waals surface area (Å²) in [5, 5.41) is 0. The van der Waals surface area contributed by atoms with Crippen molar-refractivity contribution < 1.29 is 18.0 Å². The first-order valence-corrected chi connectivity index (χ1v) is 3.64. The van der Waals surface area contributed by atoms with Gasteiger partial charge in [-0.05, 0) is 5.56 Å². The van der Waals surface area contributed by atoms with Crippen molar-refractivity contribution in [3.05, 3.63) is 35.9 Å². The lowest BCUT2D eigenvalue weighted by atomic mass is 10.1. The van der Waals surface area contributed by atoms with Crippen LogP contribution in [0.2, 0.25) is 0 Å². The van der Waals surface area contributed by atoms with Crippen LogP contribution in [0.5, 0.6) is 0 Å². The van der Waals surface area contributed by atoms with Crippen LogP contribution in [0.15, 0.2) is 30.3 Å². The van der Waals surface area contributed by atoms with E-state index in [9.17, 15) is 18.0 Å². The number of rotatable bonds is 3. The van der Waals surface area contributed by atoms with Crippen LogP contribution in [-0.4, -0.2) is 12.2 Å². The highest BCUT2D eigenvalue weighted by atomic mass is 19.3. The lowest BCUT2D eigenvalue weighted by Gasteiger charge is -2.05. The van der Waals surface area contributed by atoms with Crippen LogP contribution in [0.3, 0.4) is 0 Å². The number of Topliss-reactive ketones (excluding diaryl/α,β-unsaturated/α-hetero) is 1. The monoisotopic (exact) mass is 188 g/mol. The fourth-order valence-corrected chi connectivity index (χ4v) is 0.897. The maximum atomic E-state index is 12.9. The Bertz CT molecular complexity index is 284. The van der Waals surface area contributed by atoms with E-state index in [0.29, 0.717) is 0 Å². The van der Waals surface area contributed by atoms with E-state index in [-0.39, 0.29) is 5.56 Å². The topological polar surface area (TPSA) is 17.1 Å². The molecule has 0 bridgehead atoms. The van der Waals surface area contributed by atoms with Gasteiger partial charge in [0.05, 0.1) is 0 Å². The highest BCUT2D eigenvalue weighted by Crippen LogP contribution is 2.20. The third-order valence-electron chi connectivity index (χ3n) is 1.56. The molecule has 1 aromatic rings. The van der Waals surface area contributed by atoms with Crippen LogP contribution >= 0.6 is 0 Å². The smallest absolute Gasteiger partial charge is 0.290 e. The SMILES string of the molecule is O=C(C(F)F)C(F)c1ccccc1. The van der Waals surface area contributed by atoms with Gasteiger partial charge in [-0.15, -0.1) is 0 Å². The normalized spacial score (nSPS) is 12.9. The van der Waals surface area contributed by atoms with Crippen LogP contribution in [0.4, 0.5) is 13.2 Å². The predicted molar refractivity (Wildman–Crippen MR) is 41.3 cm³/mol. The van der Waals surface area contributed by atoms with Gasteiger partial charge in [-0.1, -0.05) is 30.3 Å². The summed E-state index contributed by atoms with van der Waals surface area (Å²) < 4.78 is 36.5. The number of benzene rings is 1. The van der Waals surface area contributed by atoms with E-state index in [2.05, 4.69) is 0 Å². The summed E-state index contributed by atoms with van der Waals surface area (Å²) in [7, 11) is 0. The Hall–Kier alpha value is -1.32. The molecule has 1 rings (SSSR count). The molecule has 1 atom stereocenters. The number of hydrogen-bond donors (Lipinski definition) is 0. The van der Waals surface area contributed by atoms with E-state index < -0.39 is 18.4 Å². The Labute approximate surface area is 73.2 Å². The van der Waals surface area contributed by atoms with E-state index in [1.165, 1.54) is 24.3 Å². The number of carbonyl (C=O) groups excluding carboxylic acids is 1. The predicted octanol–water partition coefficient (Wildman–Crippen LogP) is 2.53. The maximum Gasteiger partial charge on any atom is 0.299 e. The highest BCUT2D eigenvalue weighted by Gasteiger charge is 2.27. The molecule has 0 aromatic heterocycles. The van der Waals surface area contributed by atoms with Crippen molar-refractivity contribution in [1.82, 2.24) is 0 Å². The van der Waals surface area contributed by atoms with Gasteiger partial charge < -0.3 is 0 Å². The molecule has 0 aliphatic carbocycles. The quantitative estimate of drug-likeness (QED) is 0.712. The molecule has 0 fully saturated rings. The number of alkyl halides is 3. The van der Waals surface area contributed by atoms with Gasteiger partial charge in [0.1, 0.15) is 0 Å². The van der Waals surface area contributed by atoms with Crippen LogP contribution in [0.1, 0.15) is 11.7 Å². The maximum absolute atomic E-state index is 12.9. The van der Waals surface area contributed by atoms with E-state index in [0.717, 1.165) is 0 Å². The molecule has 0 N–H and O–H groups in total. The summed E-state index contributed by atoms with van der Waals surface area (Å²) in [4.78, 5) is 10.5. The molecule has 0 heterocycles. The van der Waals surface area contributed by atoms with Gasteiger partial charge in [0.2, 0.25) is 5.78 Å². The second kappa shape index (κ2) is 4.07. The van der Waals surface area contributed by atoms with Crippen molar-refractivity contribution in [1.29, 1.82) is 0 Å². The minimum Gasteiger partial charge on any atom is -0.290 e. The first kappa shape index (κ1) is 9.77. The van der Waals surface area contributed by atoms with Gasteiger partial charge in [-0.2, -0.15) is 0 Å². The number of hydrogen-bond acceptors (Lipinski definition) is 1. The zero-order valence-electron chi connectivity index (χ0n) is 6.58. The largest absolute Gasteiger partial charge is 0.299 e. The van der Waals surface area contributed by atoms with Crippen LogP contribution in [0.25, 0.3) is 0 Å². The molecule has 13 heavy (non-hydrogen) atoms. The van der Waals surface area contributed by atoms with Crippen molar-refractivity contribution >= 4 is 5.78 Å². The van der Waals surface area contributed by atoms with E-state index >= 15 is 0 Å². The lowest BCUT2D eigenvalue weighted by Crippen LogP contribution is -2.16. The summed E-state index contributed by atoms with van der Waals surface area (Å²) in [5.74, 6) is -1.69. The van der Waals surface area contributed by atoms with E-state index in [1.807, 2.05) is 0 Å². The van der Waals surface area contributed by atoms with Crippen LogP contribution in [-0.2, 0) is 4.79 Å². The Kier molecular flexibility index (Phi) is 3.06. The molecule has 0 saturated heterocycles.